The van der Waals surface area contributed by atoms with Gasteiger partial charge in [-0.2, -0.15) is 0 Å². The zero-order valence-electron chi connectivity index (χ0n) is 9.95. The minimum atomic E-state index is -0.0428. The molecule has 0 atom stereocenters. The lowest BCUT2D eigenvalue weighted by Gasteiger charge is -2.08. The molecule has 0 unspecified atom stereocenters. The number of amides is 1. The highest BCUT2D eigenvalue weighted by Gasteiger charge is 2.03. The third-order valence-corrected chi connectivity index (χ3v) is 1.91. The Morgan fingerprint density at radius 1 is 1.50 bits per heavy atom. The van der Waals surface area contributed by atoms with Crippen LogP contribution in [0.4, 0.5) is 5.95 Å². The Bertz CT molecular complexity index is 352. The van der Waals surface area contributed by atoms with E-state index in [0.717, 1.165) is 5.69 Å². The van der Waals surface area contributed by atoms with Gasteiger partial charge in [0.2, 0.25) is 11.9 Å². The van der Waals surface area contributed by atoms with Crippen molar-refractivity contribution in [3.8, 4) is 0 Å². The normalized spacial score (nSPS) is 10.2. The third-order valence-electron chi connectivity index (χ3n) is 1.91. The van der Waals surface area contributed by atoms with Crippen LogP contribution in [0.15, 0.2) is 12.3 Å². The Morgan fingerprint density at radius 2 is 2.25 bits per heavy atom. The average molecular weight is 222 g/mol. The molecule has 0 aliphatic rings. The molecule has 1 aromatic heterocycles. The van der Waals surface area contributed by atoms with Gasteiger partial charge >= 0.3 is 0 Å². The van der Waals surface area contributed by atoms with E-state index < -0.39 is 0 Å². The summed E-state index contributed by atoms with van der Waals surface area (Å²) in [7, 11) is 0. The molecule has 0 aliphatic heterocycles. The molecule has 5 nitrogen and oxygen atoms in total. The van der Waals surface area contributed by atoms with Gasteiger partial charge in [0.1, 0.15) is 0 Å². The number of anilines is 1. The average Bonchev–Trinajstić information content (AvgIpc) is 2.23. The summed E-state index contributed by atoms with van der Waals surface area (Å²) in [4.78, 5) is 19.5. The van der Waals surface area contributed by atoms with Gasteiger partial charge in [-0.15, -0.1) is 0 Å². The second-order valence-corrected chi connectivity index (χ2v) is 4.07. The first-order chi connectivity index (χ1) is 7.58. The number of carbonyl (C=O) groups excluding carboxylic acids is 1. The fraction of sp³-hybridized carbons (Fsp3) is 0.545. The molecule has 0 radical (unpaired) electrons. The van der Waals surface area contributed by atoms with Crippen molar-refractivity contribution in [2.24, 2.45) is 5.92 Å². The molecule has 0 aromatic carbocycles. The van der Waals surface area contributed by atoms with E-state index in [1.54, 1.807) is 6.20 Å². The van der Waals surface area contributed by atoms with Crippen LogP contribution >= 0.6 is 0 Å². The van der Waals surface area contributed by atoms with Crippen LogP contribution in [-0.4, -0.2) is 29.0 Å². The molecular weight excluding hydrogens is 204 g/mol. The summed E-state index contributed by atoms with van der Waals surface area (Å²) in [5, 5.41) is 5.68. The SMILES string of the molecule is Cc1ccnc(NCC(=O)NCC(C)C)n1. The number of carbonyl (C=O) groups is 1. The Kier molecular flexibility index (Phi) is 4.69. The summed E-state index contributed by atoms with van der Waals surface area (Å²) < 4.78 is 0. The highest BCUT2D eigenvalue weighted by atomic mass is 16.1. The predicted octanol–water partition coefficient (Wildman–Crippen LogP) is 0.969. The van der Waals surface area contributed by atoms with E-state index in [1.165, 1.54) is 0 Å². The van der Waals surface area contributed by atoms with Crippen LogP contribution in [0.3, 0.4) is 0 Å². The Labute approximate surface area is 95.7 Å². The van der Waals surface area contributed by atoms with Gasteiger partial charge in [0, 0.05) is 18.4 Å². The molecule has 0 saturated carbocycles. The summed E-state index contributed by atoms with van der Waals surface area (Å²) in [5.74, 6) is 0.901. The summed E-state index contributed by atoms with van der Waals surface area (Å²) in [6.45, 7) is 6.88. The van der Waals surface area contributed by atoms with Crippen molar-refractivity contribution in [3.63, 3.8) is 0 Å². The lowest BCUT2D eigenvalue weighted by molar-refractivity contribution is -0.119. The summed E-state index contributed by atoms with van der Waals surface area (Å²) >= 11 is 0. The van der Waals surface area contributed by atoms with E-state index in [-0.39, 0.29) is 12.5 Å². The van der Waals surface area contributed by atoms with Gasteiger partial charge in [0.25, 0.3) is 0 Å². The molecule has 88 valence electrons. The topological polar surface area (TPSA) is 66.9 Å². The number of rotatable bonds is 5. The smallest absolute Gasteiger partial charge is 0.239 e. The van der Waals surface area contributed by atoms with Crippen LogP contribution in [0.5, 0.6) is 0 Å². The standard InChI is InChI=1S/C11H18N4O/c1-8(2)6-13-10(16)7-14-11-12-5-4-9(3)15-11/h4-5,8H,6-7H2,1-3H3,(H,13,16)(H,12,14,15). The van der Waals surface area contributed by atoms with E-state index in [9.17, 15) is 4.79 Å². The fourth-order valence-corrected chi connectivity index (χ4v) is 1.07. The molecule has 5 heteroatoms. The number of nitrogens with one attached hydrogen (secondary N) is 2. The molecule has 0 saturated heterocycles. The number of aryl methyl sites for hydroxylation is 1. The monoisotopic (exact) mass is 222 g/mol. The fourth-order valence-electron chi connectivity index (χ4n) is 1.07. The van der Waals surface area contributed by atoms with E-state index in [1.807, 2.05) is 13.0 Å². The maximum absolute atomic E-state index is 11.4. The summed E-state index contributed by atoms with van der Waals surface area (Å²) in [6, 6.07) is 1.81. The molecule has 2 N–H and O–H groups in total. The van der Waals surface area contributed by atoms with Crippen molar-refractivity contribution in [2.45, 2.75) is 20.8 Å². The second kappa shape index (κ2) is 6.05. The van der Waals surface area contributed by atoms with Gasteiger partial charge in [-0.05, 0) is 18.9 Å². The van der Waals surface area contributed by atoms with Crippen molar-refractivity contribution in [2.75, 3.05) is 18.4 Å². The van der Waals surface area contributed by atoms with Gasteiger partial charge < -0.3 is 10.6 Å². The quantitative estimate of drug-likeness (QED) is 0.779. The van der Waals surface area contributed by atoms with Crippen molar-refractivity contribution in [1.29, 1.82) is 0 Å². The highest BCUT2D eigenvalue weighted by molar-refractivity contribution is 5.80. The van der Waals surface area contributed by atoms with Crippen molar-refractivity contribution in [1.82, 2.24) is 15.3 Å². The minimum Gasteiger partial charge on any atom is -0.354 e. The van der Waals surface area contributed by atoms with Gasteiger partial charge in [-0.25, -0.2) is 9.97 Å². The molecule has 0 fully saturated rings. The Hall–Kier alpha value is -1.65. The molecule has 0 spiro atoms. The first-order valence-electron chi connectivity index (χ1n) is 5.38. The number of nitrogens with zero attached hydrogens (tertiary/aromatic N) is 2. The lowest BCUT2D eigenvalue weighted by Crippen LogP contribution is -2.32. The van der Waals surface area contributed by atoms with Crippen molar-refractivity contribution < 1.29 is 4.79 Å². The van der Waals surface area contributed by atoms with Gasteiger partial charge in [-0.3, -0.25) is 4.79 Å². The van der Waals surface area contributed by atoms with Crippen molar-refractivity contribution >= 4 is 11.9 Å². The number of hydrogen-bond donors (Lipinski definition) is 2. The highest BCUT2D eigenvalue weighted by Crippen LogP contribution is 1.97. The van der Waals surface area contributed by atoms with Crippen LogP contribution in [0.2, 0.25) is 0 Å². The molecular formula is C11H18N4O. The molecule has 1 aromatic rings. The number of hydrogen-bond acceptors (Lipinski definition) is 4. The van der Waals surface area contributed by atoms with Crippen LogP contribution in [0.1, 0.15) is 19.5 Å². The van der Waals surface area contributed by atoms with E-state index in [0.29, 0.717) is 18.4 Å². The van der Waals surface area contributed by atoms with Gasteiger partial charge in [-0.1, -0.05) is 13.8 Å². The molecule has 0 bridgehead atoms. The molecule has 1 amide bonds. The van der Waals surface area contributed by atoms with E-state index >= 15 is 0 Å². The molecule has 0 aliphatic carbocycles. The van der Waals surface area contributed by atoms with Crippen molar-refractivity contribution in [3.05, 3.63) is 18.0 Å². The van der Waals surface area contributed by atoms with Crippen LogP contribution in [0, 0.1) is 12.8 Å². The summed E-state index contributed by atoms with van der Waals surface area (Å²) in [5.41, 5.74) is 0.875. The Balaban J connectivity index is 2.31. The third kappa shape index (κ3) is 4.72. The maximum Gasteiger partial charge on any atom is 0.239 e. The first kappa shape index (κ1) is 12.4. The van der Waals surface area contributed by atoms with Crippen LogP contribution in [0.25, 0.3) is 0 Å². The zero-order valence-corrected chi connectivity index (χ0v) is 9.95. The van der Waals surface area contributed by atoms with Crippen LogP contribution < -0.4 is 10.6 Å². The van der Waals surface area contributed by atoms with Gasteiger partial charge in [0.05, 0.1) is 6.54 Å². The van der Waals surface area contributed by atoms with E-state index in [4.69, 9.17) is 0 Å². The van der Waals surface area contributed by atoms with Crippen LogP contribution in [-0.2, 0) is 4.79 Å². The van der Waals surface area contributed by atoms with E-state index in [2.05, 4.69) is 34.4 Å². The zero-order chi connectivity index (χ0) is 12.0. The Morgan fingerprint density at radius 3 is 2.88 bits per heavy atom. The molecule has 16 heavy (non-hydrogen) atoms. The summed E-state index contributed by atoms with van der Waals surface area (Å²) in [6.07, 6.45) is 1.66. The predicted molar refractivity (Wildman–Crippen MR) is 63.1 cm³/mol. The first-order valence-corrected chi connectivity index (χ1v) is 5.38. The second-order valence-electron chi connectivity index (χ2n) is 4.07. The largest absolute Gasteiger partial charge is 0.354 e. The maximum atomic E-state index is 11.4. The minimum absolute atomic E-state index is 0.0428. The number of aromatic nitrogens is 2. The molecule has 1 rings (SSSR count). The lowest BCUT2D eigenvalue weighted by atomic mass is 10.2. The van der Waals surface area contributed by atoms with Gasteiger partial charge in [0.15, 0.2) is 0 Å². The molecule has 1 heterocycles.